The van der Waals surface area contributed by atoms with Gasteiger partial charge in [0.05, 0.1) is 0 Å². The minimum atomic E-state index is -0.384. The first-order valence-corrected chi connectivity index (χ1v) is 5.45. The highest BCUT2D eigenvalue weighted by atomic mass is 19.1. The van der Waals surface area contributed by atoms with Crippen LogP contribution in [0.3, 0.4) is 0 Å². The van der Waals surface area contributed by atoms with E-state index < -0.39 is 0 Å². The van der Waals surface area contributed by atoms with E-state index in [0.717, 1.165) is 10.9 Å². The molecule has 0 atom stereocenters. The van der Waals surface area contributed by atoms with E-state index in [1.165, 1.54) is 18.2 Å². The summed E-state index contributed by atoms with van der Waals surface area (Å²) in [6, 6.07) is 5.96. The first-order chi connectivity index (χ1) is 8.02. The Morgan fingerprint density at radius 2 is 1.94 bits per heavy atom. The van der Waals surface area contributed by atoms with Crippen LogP contribution in [0, 0.1) is 18.2 Å². The lowest BCUT2D eigenvalue weighted by molar-refractivity contribution is 0.475. The SMILES string of the molecule is C#Cc1cc(F)cc2cc(O)cc(C(C)C)c12. The van der Waals surface area contributed by atoms with Gasteiger partial charge in [0.2, 0.25) is 0 Å². The second-order valence-electron chi connectivity index (χ2n) is 4.39. The molecule has 1 N–H and O–H groups in total. The second kappa shape index (κ2) is 4.10. The molecular formula is C15H13FO. The van der Waals surface area contributed by atoms with Gasteiger partial charge in [0.1, 0.15) is 11.6 Å². The molecule has 0 aliphatic carbocycles. The van der Waals surface area contributed by atoms with E-state index >= 15 is 0 Å². The summed E-state index contributed by atoms with van der Waals surface area (Å²) in [7, 11) is 0. The highest BCUT2D eigenvalue weighted by Crippen LogP contribution is 2.32. The van der Waals surface area contributed by atoms with E-state index in [4.69, 9.17) is 6.42 Å². The van der Waals surface area contributed by atoms with E-state index in [9.17, 15) is 9.50 Å². The zero-order valence-corrected chi connectivity index (χ0v) is 9.79. The molecule has 17 heavy (non-hydrogen) atoms. The molecule has 2 heteroatoms. The highest BCUT2D eigenvalue weighted by Gasteiger charge is 2.12. The lowest BCUT2D eigenvalue weighted by Gasteiger charge is -2.13. The molecule has 0 spiro atoms. The molecule has 2 aromatic rings. The van der Waals surface area contributed by atoms with E-state index in [2.05, 4.69) is 5.92 Å². The Balaban J connectivity index is 2.95. The quantitative estimate of drug-likeness (QED) is 0.736. The zero-order valence-electron chi connectivity index (χ0n) is 9.79. The van der Waals surface area contributed by atoms with Crippen LogP contribution in [-0.2, 0) is 0 Å². The third kappa shape index (κ3) is 1.97. The molecule has 1 nitrogen and oxygen atoms in total. The molecule has 2 rings (SSSR count). The fourth-order valence-corrected chi connectivity index (χ4v) is 2.07. The second-order valence-corrected chi connectivity index (χ2v) is 4.39. The first-order valence-electron chi connectivity index (χ1n) is 5.45. The van der Waals surface area contributed by atoms with Crippen molar-refractivity contribution in [2.24, 2.45) is 0 Å². The van der Waals surface area contributed by atoms with Gasteiger partial charge in [-0.3, -0.25) is 0 Å². The number of fused-ring (bicyclic) bond motifs is 1. The summed E-state index contributed by atoms with van der Waals surface area (Å²) >= 11 is 0. The lowest BCUT2D eigenvalue weighted by atomic mass is 9.92. The number of aromatic hydroxyl groups is 1. The monoisotopic (exact) mass is 228 g/mol. The third-order valence-electron chi connectivity index (χ3n) is 2.81. The van der Waals surface area contributed by atoms with Crippen molar-refractivity contribution in [3.8, 4) is 18.1 Å². The van der Waals surface area contributed by atoms with Gasteiger partial charge in [-0.05, 0) is 41.1 Å². The van der Waals surface area contributed by atoms with E-state index in [-0.39, 0.29) is 17.5 Å². The average molecular weight is 228 g/mol. The van der Waals surface area contributed by atoms with Crippen molar-refractivity contribution in [1.29, 1.82) is 0 Å². The van der Waals surface area contributed by atoms with Crippen molar-refractivity contribution in [1.82, 2.24) is 0 Å². The van der Waals surface area contributed by atoms with Crippen molar-refractivity contribution in [3.63, 3.8) is 0 Å². The van der Waals surface area contributed by atoms with Gasteiger partial charge in [-0.1, -0.05) is 19.8 Å². The molecule has 0 fully saturated rings. The number of hydrogen-bond donors (Lipinski definition) is 1. The van der Waals surface area contributed by atoms with Crippen LogP contribution in [0.4, 0.5) is 4.39 Å². The molecule has 0 unspecified atom stereocenters. The molecule has 0 saturated carbocycles. The van der Waals surface area contributed by atoms with Gasteiger partial charge >= 0.3 is 0 Å². The van der Waals surface area contributed by atoms with Crippen LogP contribution in [0.15, 0.2) is 24.3 Å². The van der Waals surface area contributed by atoms with Crippen molar-refractivity contribution in [2.75, 3.05) is 0 Å². The first kappa shape index (κ1) is 11.5. The molecule has 0 amide bonds. The summed E-state index contributed by atoms with van der Waals surface area (Å²) in [6.07, 6.45) is 5.41. The van der Waals surface area contributed by atoms with E-state index in [0.29, 0.717) is 10.9 Å². The summed E-state index contributed by atoms with van der Waals surface area (Å²) in [5.41, 5.74) is 1.47. The van der Waals surface area contributed by atoms with Crippen LogP contribution in [0.1, 0.15) is 30.9 Å². The van der Waals surface area contributed by atoms with Gasteiger partial charge in [-0.2, -0.15) is 0 Å². The maximum Gasteiger partial charge on any atom is 0.125 e. The molecule has 0 radical (unpaired) electrons. The summed E-state index contributed by atoms with van der Waals surface area (Å²) in [5.74, 6) is 2.46. The van der Waals surface area contributed by atoms with Crippen LogP contribution < -0.4 is 0 Å². The van der Waals surface area contributed by atoms with Gasteiger partial charge in [0.25, 0.3) is 0 Å². The molecular weight excluding hydrogens is 215 g/mol. The van der Waals surface area contributed by atoms with Crippen molar-refractivity contribution in [2.45, 2.75) is 19.8 Å². The Kier molecular flexibility index (Phi) is 2.77. The molecule has 0 aromatic heterocycles. The van der Waals surface area contributed by atoms with E-state index in [1.807, 2.05) is 13.8 Å². The molecule has 0 saturated heterocycles. The predicted octanol–water partition coefficient (Wildman–Crippen LogP) is 3.79. The standard InChI is InChI=1S/C15H13FO/c1-4-10-5-12(16)6-11-7-13(17)8-14(9(2)3)15(10)11/h1,5-9,17H,2-3H3. The topological polar surface area (TPSA) is 20.2 Å². The van der Waals surface area contributed by atoms with Crippen molar-refractivity contribution in [3.05, 3.63) is 41.2 Å². The Morgan fingerprint density at radius 3 is 2.53 bits per heavy atom. The van der Waals surface area contributed by atoms with Gasteiger partial charge in [-0.15, -0.1) is 6.42 Å². The summed E-state index contributed by atoms with van der Waals surface area (Å²) in [4.78, 5) is 0. The average Bonchev–Trinajstić information content (AvgIpc) is 2.25. The number of hydrogen-bond acceptors (Lipinski definition) is 1. The van der Waals surface area contributed by atoms with Crippen LogP contribution in [-0.4, -0.2) is 5.11 Å². The summed E-state index contributed by atoms with van der Waals surface area (Å²) in [6.45, 7) is 4.02. The number of phenols is 1. The maximum absolute atomic E-state index is 13.4. The lowest BCUT2D eigenvalue weighted by Crippen LogP contribution is -1.93. The fourth-order valence-electron chi connectivity index (χ4n) is 2.07. The largest absolute Gasteiger partial charge is 0.508 e. The number of benzene rings is 2. The smallest absolute Gasteiger partial charge is 0.125 e. The van der Waals surface area contributed by atoms with Gasteiger partial charge < -0.3 is 5.11 Å². The molecule has 86 valence electrons. The third-order valence-corrected chi connectivity index (χ3v) is 2.81. The van der Waals surface area contributed by atoms with Gasteiger partial charge in [0, 0.05) is 10.9 Å². The molecule has 0 bridgehead atoms. The molecule has 0 heterocycles. The Morgan fingerprint density at radius 1 is 1.24 bits per heavy atom. The maximum atomic E-state index is 13.4. The van der Waals surface area contributed by atoms with Crippen LogP contribution in [0.25, 0.3) is 10.8 Å². The molecule has 0 aliphatic rings. The van der Waals surface area contributed by atoms with Crippen molar-refractivity contribution < 1.29 is 9.50 Å². The van der Waals surface area contributed by atoms with Crippen molar-refractivity contribution >= 4 is 10.8 Å². The Hall–Kier alpha value is -2.01. The molecule has 0 aliphatic heterocycles. The Labute approximate surface area is 99.9 Å². The summed E-state index contributed by atoms with van der Waals surface area (Å²) in [5, 5.41) is 11.1. The van der Waals surface area contributed by atoms with Gasteiger partial charge in [-0.25, -0.2) is 4.39 Å². The summed E-state index contributed by atoms with van der Waals surface area (Å²) < 4.78 is 13.4. The fraction of sp³-hybridized carbons (Fsp3) is 0.200. The Bertz CT molecular complexity index is 616. The zero-order chi connectivity index (χ0) is 12.6. The number of terminal acetylenes is 1. The van der Waals surface area contributed by atoms with Gasteiger partial charge in [0.15, 0.2) is 0 Å². The minimum absolute atomic E-state index is 0.134. The number of halogens is 1. The van der Waals surface area contributed by atoms with E-state index in [1.54, 1.807) is 6.07 Å². The number of phenolic OH excluding ortho intramolecular Hbond substituents is 1. The highest BCUT2D eigenvalue weighted by molar-refractivity contribution is 5.92. The molecule has 2 aromatic carbocycles. The normalized spacial score (nSPS) is 10.8. The number of rotatable bonds is 1. The van der Waals surface area contributed by atoms with Crippen LogP contribution in [0.5, 0.6) is 5.75 Å². The predicted molar refractivity (Wildman–Crippen MR) is 67.6 cm³/mol. The van der Waals surface area contributed by atoms with Crippen LogP contribution in [0.2, 0.25) is 0 Å². The minimum Gasteiger partial charge on any atom is -0.508 e. The van der Waals surface area contributed by atoms with Crippen LogP contribution >= 0.6 is 0 Å².